The highest BCUT2D eigenvalue weighted by Gasteiger charge is 2.09. The first-order chi connectivity index (χ1) is 9.29. The van der Waals surface area contributed by atoms with Crippen molar-refractivity contribution in [3.05, 3.63) is 29.8 Å². The Hall–Kier alpha value is -0.670. The summed E-state index contributed by atoms with van der Waals surface area (Å²) < 4.78 is 5.67. The van der Waals surface area contributed by atoms with Crippen LogP contribution in [0.1, 0.15) is 44.7 Å². The molecule has 1 rings (SSSR count). The van der Waals surface area contributed by atoms with Crippen molar-refractivity contribution in [2.24, 2.45) is 0 Å². The van der Waals surface area contributed by atoms with E-state index in [1.165, 1.54) is 30.6 Å². The zero-order valence-corrected chi connectivity index (χ0v) is 13.3. The van der Waals surface area contributed by atoms with E-state index in [0.29, 0.717) is 6.04 Å². The minimum absolute atomic E-state index is 0.350. The number of rotatable bonds is 10. The molecule has 2 nitrogen and oxygen atoms in total. The third kappa shape index (κ3) is 6.35. The molecule has 0 saturated carbocycles. The zero-order chi connectivity index (χ0) is 13.9. The van der Waals surface area contributed by atoms with Crippen LogP contribution in [0.15, 0.2) is 24.3 Å². The molecule has 0 aromatic heterocycles. The van der Waals surface area contributed by atoms with Gasteiger partial charge in [0.05, 0.1) is 6.61 Å². The van der Waals surface area contributed by atoms with Crippen molar-refractivity contribution >= 4 is 11.8 Å². The number of nitrogens with one attached hydrogen (secondary N) is 1. The summed E-state index contributed by atoms with van der Waals surface area (Å²) in [6, 6.07) is 8.66. The molecule has 0 amide bonds. The topological polar surface area (TPSA) is 21.3 Å². The maximum atomic E-state index is 5.67. The van der Waals surface area contributed by atoms with Crippen LogP contribution >= 0.6 is 11.8 Å². The summed E-state index contributed by atoms with van der Waals surface area (Å²) in [7, 11) is 0. The predicted molar refractivity (Wildman–Crippen MR) is 86.3 cm³/mol. The van der Waals surface area contributed by atoms with E-state index in [1.807, 2.05) is 24.8 Å². The molecule has 0 aliphatic carbocycles. The van der Waals surface area contributed by atoms with Gasteiger partial charge in [-0.1, -0.05) is 24.6 Å². The van der Waals surface area contributed by atoms with Gasteiger partial charge >= 0.3 is 0 Å². The number of benzene rings is 1. The van der Waals surface area contributed by atoms with Crippen molar-refractivity contribution in [2.45, 2.75) is 39.2 Å². The molecule has 0 aliphatic rings. The molecule has 0 bridgehead atoms. The summed E-state index contributed by atoms with van der Waals surface area (Å²) in [5.74, 6) is 2.29. The Balaban J connectivity index is 2.34. The van der Waals surface area contributed by atoms with Gasteiger partial charge in [-0.2, -0.15) is 11.8 Å². The smallest absolute Gasteiger partial charge is 0.124 e. The molecule has 0 fully saturated rings. The van der Waals surface area contributed by atoms with Gasteiger partial charge in [0.1, 0.15) is 5.75 Å². The molecular formula is C16H27NOS. The second-order valence-electron chi connectivity index (χ2n) is 4.70. The lowest BCUT2D eigenvalue weighted by Gasteiger charge is -2.17. The highest BCUT2D eigenvalue weighted by molar-refractivity contribution is 7.98. The van der Waals surface area contributed by atoms with E-state index in [0.717, 1.165) is 18.9 Å². The Morgan fingerprint density at radius 3 is 2.74 bits per heavy atom. The molecule has 0 aliphatic heterocycles. The molecule has 1 aromatic carbocycles. The van der Waals surface area contributed by atoms with Crippen molar-refractivity contribution in [2.75, 3.05) is 25.2 Å². The molecule has 19 heavy (non-hydrogen) atoms. The SMILES string of the molecule is CCOc1ccccc1C(C)NCCCCCSC. The lowest BCUT2D eigenvalue weighted by molar-refractivity contribution is 0.332. The van der Waals surface area contributed by atoms with E-state index in [-0.39, 0.29) is 0 Å². The summed E-state index contributed by atoms with van der Waals surface area (Å²) in [5.41, 5.74) is 1.26. The van der Waals surface area contributed by atoms with Crippen molar-refractivity contribution in [3.63, 3.8) is 0 Å². The van der Waals surface area contributed by atoms with Gasteiger partial charge in [-0.3, -0.25) is 0 Å². The fourth-order valence-electron chi connectivity index (χ4n) is 2.10. The van der Waals surface area contributed by atoms with E-state index in [1.54, 1.807) is 0 Å². The van der Waals surface area contributed by atoms with E-state index in [9.17, 15) is 0 Å². The quantitative estimate of drug-likeness (QED) is 0.647. The second-order valence-corrected chi connectivity index (χ2v) is 5.69. The molecule has 1 atom stereocenters. The molecule has 1 N–H and O–H groups in total. The van der Waals surface area contributed by atoms with Gasteiger partial charge in [-0.05, 0) is 51.3 Å². The first-order valence-electron chi connectivity index (χ1n) is 7.23. The van der Waals surface area contributed by atoms with Crippen LogP contribution in [0.25, 0.3) is 0 Å². The lowest BCUT2D eigenvalue weighted by Crippen LogP contribution is -2.20. The van der Waals surface area contributed by atoms with Gasteiger partial charge in [-0.25, -0.2) is 0 Å². The second kappa shape index (κ2) is 10.2. The van der Waals surface area contributed by atoms with Crippen LogP contribution in [-0.2, 0) is 0 Å². The lowest BCUT2D eigenvalue weighted by atomic mass is 10.1. The number of hydrogen-bond acceptors (Lipinski definition) is 3. The van der Waals surface area contributed by atoms with E-state index < -0.39 is 0 Å². The average Bonchev–Trinajstić information content (AvgIpc) is 2.43. The largest absolute Gasteiger partial charge is 0.494 e. The summed E-state index contributed by atoms with van der Waals surface area (Å²) in [6.45, 7) is 6.04. The summed E-state index contributed by atoms with van der Waals surface area (Å²) >= 11 is 1.93. The molecule has 1 aromatic rings. The standard InChI is InChI=1S/C16H27NOS/c1-4-18-16-11-7-6-10-15(16)14(2)17-12-8-5-9-13-19-3/h6-7,10-11,14,17H,4-5,8-9,12-13H2,1-3H3. The molecule has 0 radical (unpaired) electrons. The molecule has 0 spiro atoms. The van der Waals surface area contributed by atoms with Crippen molar-refractivity contribution in [1.29, 1.82) is 0 Å². The van der Waals surface area contributed by atoms with E-state index in [4.69, 9.17) is 4.74 Å². The van der Waals surface area contributed by atoms with Gasteiger partial charge in [-0.15, -0.1) is 0 Å². The normalized spacial score (nSPS) is 12.4. The van der Waals surface area contributed by atoms with Crippen LogP contribution in [0.3, 0.4) is 0 Å². The van der Waals surface area contributed by atoms with Gasteiger partial charge in [0.15, 0.2) is 0 Å². The third-order valence-electron chi connectivity index (χ3n) is 3.16. The van der Waals surface area contributed by atoms with Crippen LogP contribution in [-0.4, -0.2) is 25.2 Å². The number of ether oxygens (including phenoxy) is 1. The highest BCUT2D eigenvalue weighted by atomic mass is 32.2. The molecule has 0 saturated heterocycles. The summed E-state index contributed by atoms with van der Waals surface area (Å²) in [5, 5.41) is 3.59. The molecule has 1 unspecified atom stereocenters. The van der Waals surface area contributed by atoms with Gasteiger partial charge < -0.3 is 10.1 Å². The first-order valence-corrected chi connectivity index (χ1v) is 8.63. The maximum absolute atomic E-state index is 5.67. The fraction of sp³-hybridized carbons (Fsp3) is 0.625. The van der Waals surface area contributed by atoms with Crippen LogP contribution in [0, 0.1) is 0 Å². The van der Waals surface area contributed by atoms with Crippen molar-refractivity contribution < 1.29 is 4.74 Å². The van der Waals surface area contributed by atoms with Crippen molar-refractivity contribution in [1.82, 2.24) is 5.32 Å². The zero-order valence-electron chi connectivity index (χ0n) is 12.4. The Morgan fingerprint density at radius 1 is 1.21 bits per heavy atom. The number of hydrogen-bond donors (Lipinski definition) is 1. The Morgan fingerprint density at radius 2 is 2.00 bits per heavy atom. The van der Waals surface area contributed by atoms with Gasteiger partial charge in [0.25, 0.3) is 0 Å². The van der Waals surface area contributed by atoms with E-state index in [2.05, 4.69) is 36.7 Å². The van der Waals surface area contributed by atoms with Gasteiger partial charge in [0.2, 0.25) is 0 Å². The molecule has 108 valence electrons. The highest BCUT2D eigenvalue weighted by Crippen LogP contribution is 2.24. The first kappa shape index (κ1) is 16.4. The fourth-order valence-corrected chi connectivity index (χ4v) is 2.59. The Bertz CT molecular complexity index is 343. The third-order valence-corrected chi connectivity index (χ3v) is 3.86. The number of para-hydroxylation sites is 1. The minimum Gasteiger partial charge on any atom is -0.494 e. The predicted octanol–water partition coefficient (Wildman–Crippen LogP) is 4.27. The van der Waals surface area contributed by atoms with Crippen LogP contribution < -0.4 is 10.1 Å². The van der Waals surface area contributed by atoms with Crippen molar-refractivity contribution in [3.8, 4) is 5.75 Å². The molecule has 0 heterocycles. The van der Waals surface area contributed by atoms with Crippen LogP contribution in [0.4, 0.5) is 0 Å². The average molecular weight is 281 g/mol. The summed E-state index contributed by atoms with van der Waals surface area (Å²) in [6.07, 6.45) is 6.06. The van der Waals surface area contributed by atoms with Crippen LogP contribution in [0.5, 0.6) is 5.75 Å². The number of thioether (sulfide) groups is 1. The monoisotopic (exact) mass is 281 g/mol. The van der Waals surface area contributed by atoms with E-state index >= 15 is 0 Å². The Labute approximate surface area is 122 Å². The summed E-state index contributed by atoms with van der Waals surface area (Å²) in [4.78, 5) is 0. The van der Waals surface area contributed by atoms with Gasteiger partial charge in [0, 0.05) is 11.6 Å². The van der Waals surface area contributed by atoms with Crippen LogP contribution in [0.2, 0.25) is 0 Å². The molecule has 3 heteroatoms. The Kier molecular flexibility index (Phi) is 8.76. The number of unbranched alkanes of at least 4 members (excludes halogenated alkanes) is 2. The minimum atomic E-state index is 0.350. The maximum Gasteiger partial charge on any atom is 0.124 e. The molecular weight excluding hydrogens is 254 g/mol.